The van der Waals surface area contributed by atoms with Crippen LogP contribution in [0, 0.1) is 5.92 Å². The van der Waals surface area contributed by atoms with Crippen molar-refractivity contribution in [2.45, 2.75) is 19.4 Å². The van der Waals surface area contributed by atoms with Gasteiger partial charge in [-0.2, -0.15) is 0 Å². The SMILES string of the molecule is CNC(=O)CN1CCOCC2(C1)CN(C(=O)C(C)C)CCO2. The third kappa shape index (κ3) is 4.18. The van der Waals surface area contributed by atoms with E-state index in [2.05, 4.69) is 5.32 Å². The lowest BCUT2D eigenvalue weighted by Gasteiger charge is -2.43. The molecule has 2 rings (SSSR count). The van der Waals surface area contributed by atoms with E-state index in [9.17, 15) is 9.59 Å². The largest absolute Gasteiger partial charge is 0.377 e. The summed E-state index contributed by atoms with van der Waals surface area (Å²) in [6.07, 6.45) is 0. The zero-order valence-corrected chi connectivity index (χ0v) is 13.8. The van der Waals surface area contributed by atoms with Crippen LogP contribution in [0.2, 0.25) is 0 Å². The van der Waals surface area contributed by atoms with Gasteiger partial charge in [0.15, 0.2) is 0 Å². The smallest absolute Gasteiger partial charge is 0.233 e. The Balaban J connectivity index is 2.06. The minimum absolute atomic E-state index is 0.0242. The highest BCUT2D eigenvalue weighted by atomic mass is 16.5. The van der Waals surface area contributed by atoms with Crippen LogP contribution in [0.25, 0.3) is 0 Å². The summed E-state index contributed by atoms with van der Waals surface area (Å²) < 4.78 is 11.7. The maximum atomic E-state index is 12.3. The average Bonchev–Trinajstić information content (AvgIpc) is 2.68. The second-order valence-electron chi connectivity index (χ2n) is 6.38. The first-order chi connectivity index (χ1) is 10.5. The predicted molar refractivity (Wildman–Crippen MR) is 81.4 cm³/mol. The molecule has 0 aliphatic carbocycles. The quantitative estimate of drug-likeness (QED) is 0.747. The average molecular weight is 313 g/mol. The number of nitrogens with zero attached hydrogens (tertiary/aromatic N) is 2. The molecule has 22 heavy (non-hydrogen) atoms. The van der Waals surface area contributed by atoms with E-state index < -0.39 is 5.60 Å². The summed E-state index contributed by atoms with van der Waals surface area (Å²) in [5, 5.41) is 2.64. The number of carbonyl (C=O) groups is 2. The van der Waals surface area contributed by atoms with E-state index in [4.69, 9.17) is 9.47 Å². The van der Waals surface area contributed by atoms with Gasteiger partial charge in [-0.25, -0.2) is 0 Å². The number of hydrogen-bond donors (Lipinski definition) is 1. The number of ether oxygens (including phenoxy) is 2. The topological polar surface area (TPSA) is 71.1 Å². The summed E-state index contributed by atoms with van der Waals surface area (Å²) >= 11 is 0. The van der Waals surface area contributed by atoms with Gasteiger partial charge in [-0.3, -0.25) is 14.5 Å². The standard InChI is InChI=1S/C15H27N3O4/c1-12(2)14(20)18-5-7-22-15(10-18)9-17(4-6-21-11-15)8-13(19)16-3/h12H,4-11H2,1-3H3,(H,16,19). The molecule has 2 amide bonds. The zero-order chi connectivity index (χ0) is 16.2. The maximum Gasteiger partial charge on any atom is 0.233 e. The number of morpholine rings is 1. The molecular formula is C15H27N3O4. The fourth-order valence-electron chi connectivity index (χ4n) is 2.98. The third-order valence-corrected chi connectivity index (χ3v) is 4.13. The van der Waals surface area contributed by atoms with Crippen molar-refractivity contribution in [1.82, 2.24) is 15.1 Å². The Bertz CT molecular complexity index is 416. The highest BCUT2D eigenvalue weighted by Crippen LogP contribution is 2.23. The fraction of sp³-hybridized carbons (Fsp3) is 0.867. The van der Waals surface area contributed by atoms with Gasteiger partial charge < -0.3 is 19.7 Å². The molecule has 0 aromatic carbocycles. The highest BCUT2D eigenvalue weighted by molar-refractivity contribution is 5.78. The molecule has 1 N–H and O–H groups in total. The van der Waals surface area contributed by atoms with Crippen LogP contribution >= 0.6 is 0 Å². The molecule has 2 saturated heterocycles. The molecule has 2 fully saturated rings. The summed E-state index contributed by atoms with van der Waals surface area (Å²) in [6, 6.07) is 0. The van der Waals surface area contributed by atoms with E-state index in [1.807, 2.05) is 23.6 Å². The first-order valence-corrected chi connectivity index (χ1v) is 7.89. The van der Waals surface area contributed by atoms with Gasteiger partial charge in [0.05, 0.1) is 32.9 Å². The van der Waals surface area contributed by atoms with Crippen LogP contribution in [0.3, 0.4) is 0 Å². The molecule has 0 aromatic rings. The molecule has 0 bridgehead atoms. The molecule has 1 atom stereocenters. The molecule has 7 nitrogen and oxygen atoms in total. The van der Waals surface area contributed by atoms with Crippen LogP contribution in [0.4, 0.5) is 0 Å². The summed E-state index contributed by atoms with van der Waals surface area (Å²) in [6.45, 7) is 8.11. The Kier molecular flexibility index (Phi) is 5.77. The first kappa shape index (κ1) is 17.2. The van der Waals surface area contributed by atoms with Crippen LogP contribution in [0.15, 0.2) is 0 Å². The number of carbonyl (C=O) groups excluding carboxylic acids is 2. The van der Waals surface area contributed by atoms with Crippen molar-refractivity contribution >= 4 is 11.8 Å². The molecule has 2 heterocycles. The lowest BCUT2D eigenvalue weighted by atomic mass is 10.0. The van der Waals surface area contributed by atoms with Crippen molar-refractivity contribution < 1.29 is 19.1 Å². The van der Waals surface area contributed by atoms with Crippen LogP contribution in [0.1, 0.15) is 13.8 Å². The Hall–Kier alpha value is -1.18. The van der Waals surface area contributed by atoms with Crippen molar-refractivity contribution in [2.75, 3.05) is 59.6 Å². The molecule has 1 unspecified atom stereocenters. The Morgan fingerprint density at radius 1 is 1.23 bits per heavy atom. The van der Waals surface area contributed by atoms with Crippen LogP contribution in [0.5, 0.6) is 0 Å². The van der Waals surface area contributed by atoms with Gasteiger partial charge in [0.1, 0.15) is 5.60 Å². The number of likely N-dealkylation sites (N-methyl/N-ethyl adjacent to an activating group) is 1. The summed E-state index contributed by atoms with van der Waals surface area (Å²) in [7, 11) is 1.63. The van der Waals surface area contributed by atoms with Gasteiger partial charge in [0, 0.05) is 32.6 Å². The number of nitrogens with one attached hydrogen (secondary N) is 1. The molecule has 0 radical (unpaired) electrons. The normalized spacial score (nSPS) is 27.0. The molecule has 2 aliphatic heterocycles. The van der Waals surface area contributed by atoms with E-state index >= 15 is 0 Å². The molecule has 0 saturated carbocycles. The predicted octanol–water partition coefficient (Wildman–Crippen LogP) is -0.682. The van der Waals surface area contributed by atoms with Gasteiger partial charge in [-0.15, -0.1) is 0 Å². The molecular weight excluding hydrogens is 286 g/mol. The monoisotopic (exact) mass is 313 g/mol. The van der Waals surface area contributed by atoms with E-state index in [0.29, 0.717) is 52.5 Å². The van der Waals surface area contributed by atoms with Gasteiger partial charge >= 0.3 is 0 Å². The Morgan fingerprint density at radius 3 is 2.68 bits per heavy atom. The van der Waals surface area contributed by atoms with Crippen molar-refractivity contribution in [3.8, 4) is 0 Å². The third-order valence-electron chi connectivity index (χ3n) is 4.13. The lowest BCUT2D eigenvalue weighted by molar-refractivity contribution is -0.164. The van der Waals surface area contributed by atoms with E-state index in [1.165, 1.54) is 0 Å². The minimum atomic E-state index is -0.534. The molecule has 2 aliphatic rings. The van der Waals surface area contributed by atoms with E-state index in [-0.39, 0.29) is 17.7 Å². The van der Waals surface area contributed by atoms with Crippen LogP contribution < -0.4 is 5.32 Å². The lowest BCUT2D eigenvalue weighted by Crippen LogP contribution is -2.60. The van der Waals surface area contributed by atoms with E-state index in [0.717, 1.165) is 0 Å². The van der Waals surface area contributed by atoms with Gasteiger partial charge in [-0.05, 0) is 0 Å². The van der Waals surface area contributed by atoms with Crippen molar-refractivity contribution in [3.05, 3.63) is 0 Å². The zero-order valence-electron chi connectivity index (χ0n) is 13.8. The summed E-state index contributed by atoms with van der Waals surface area (Å²) in [4.78, 5) is 27.8. The van der Waals surface area contributed by atoms with Crippen molar-refractivity contribution in [2.24, 2.45) is 5.92 Å². The maximum absolute atomic E-state index is 12.3. The van der Waals surface area contributed by atoms with Gasteiger partial charge in [-0.1, -0.05) is 13.8 Å². The summed E-state index contributed by atoms with van der Waals surface area (Å²) in [5.41, 5.74) is -0.534. The molecule has 7 heteroatoms. The second kappa shape index (κ2) is 7.39. The molecule has 0 aromatic heterocycles. The van der Waals surface area contributed by atoms with Gasteiger partial charge in [0.25, 0.3) is 0 Å². The van der Waals surface area contributed by atoms with Crippen LogP contribution in [-0.2, 0) is 19.1 Å². The van der Waals surface area contributed by atoms with Crippen LogP contribution in [-0.4, -0.2) is 86.8 Å². The first-order valence-electron chi connectivity index (χ1n) is 7.89. The number of hydrogen-bond acceptors (Lipinski definition) is 5. The number of amides is 2. The Morgan fingerprint density at radius 2 is 2.00 bits per heavy atom. The van der Waals surface area contributed by atoms with Gasteiger partial charge in [0.2, 0.25) is 11.8 Å². The summed E-state index contributed by atoms with van der Waals surface area (Å²) in [5.74, 6) is 0.0940. The van der Waals surface area contributed by atoms with Crippen molar-refractivity contribution in [1.29, 1.82) is 0 Å². The minimum Gasteiger partial charge on any atom is -0.377 e. The fourth-order valence-corrected chi connectivity index (χ4v) is 2.98. The second-order valence-corrected chi connectivity index (χ2v) is 6.38. The molecule has 1 spiro atoms. The Labute approximate surface area is 131 Å². The molecule has 126 valence electrons. The highest BCUT2D eigenvalue weighted by Gasteiger charge is 2.42. The number of rotatable bonds is 3. The van der Waals surface area contributed by atoms with E-state index in [1.54, 1.807) is 7.05 Å². The van der Waals surface area contributed by atoms with Crippen molar-refractivity contribution in [3.63, 3.8) is 0 Å².